The lowest BCUT2D eigenvalue weighted by molar-refractivity contribution is 0.0688. The summed E-state index contributed by atoms with van der Waals surface area (Å²) < 4.78 is 0. The zero-order chi connectivity index (χ0) is 10.8. The highest BCUT2D eigenvalue weighted by Gasteiger charge is 2.30. The molecule has 14 heavy (non-hydrogen) atoms. The van der Waals surface area contributed by atoms with Crippen LogP contribution in [0.5, 0.6) is 0 Å². The predicted molar refractivity (Wildman–Crippen MR) is 62.6 cm³/mol. The van der Waals surface area contributed by atoms with Crippen molar-refractivity contribution in [1.82, 2.24) is 10.2 Å². The standard InChI is InChI=1S/C12H26N2/c1-6-12(4,5)14-8-7-13-11(9-14)10(2)3/h10-11,13H,6-9H2,1-5H3. The third-order valence-corrected chi connectivity index (χ3v) is 3.73. The van der Waals surface area contributed by atoms with E-state index in [-0.39, 0.29) is 0 Å². The molecule has 0 radical (unpaired) electrons. The van der Waals surface area contributed by atoms with Gasteiger partial charge in [-0.2, -0.15) is 0 Å². The minimum absolute atomic E-state index is 0.370. The fourth-order valence-electron chi connectivity index (χ4n) is 2.00. The fourth-order valence-corrected chi connectivity index (χ4v) is 2.00. The molecule has 0 aromatic rings. The monoisotopic (exact) mass is 198 g/mol. The molecule has 1 N–H and O–H groups in total. The molecule has 1 atom stereocenters. The van der Waals surface area contributed by atoms with E-state index in [4.69, 9.17) is 0 Å². The van der Waals surface area contributed by atoms with Crippen LogP contribution in [0.25, 0.3) is 0 Å². The molecular weight excluding hydrogens is 172 g/mol. The largest absolute Gasteiger partial charge is 0.311 e. The van der Waals surface area contributed by atoms with Crippen LogP contribution in [0.2, 0.25) is 0 Å². The smallest absolute Gasteiger partial charge is 0.0218 e. The molecule has 1 fully saturated rings. The van der Waals surface area contributed by atoms with E-state index in [1.54, 1.807) is 0 Å². The Morgan fingerprint density at radius 2 is 2.07 bits per heavy atom. The molecule has 0 aromatic carbocycles. The van der Waals surface area contributed by atoms with E-state index >= 15 is 0 Å². The molecule has 84 valence electrons. The van der Waals surface area contributed by atoms with Gasteiger partial charge in [0.15, 0.2) is 0 Å². The summed E-state index contributed by atoms with van der Waals surface area (Å²) in [6.07, 6.45) is 1.23. The Morgan fingerprint density at radius 3 is 2.57 bits per heavy atom. The summed E-state index contributed by atoms with van der Waals surface area (Å²) in [5.74, 6) is 0.741. The van der Waals surface area contributed by atoms with Gasteiger partial charge in [0.25, 0.3) is 0 Å². The Bertz CT molecular complexity index is 175. The zero-order valence-corrected chi connectivity index (χ0v) is 10.4. The van der Waals surface area contributed by atoms with Crippen LogP contribution in [-0.2, 0) is 0 Å². The first-order chi connectivity index (χ1) is 6.47. The SMILES string of the molecule is CCC(C)(C)N1CCNC(C(C)C)C1. The number of rotatable bonds is 3. The Morgan fingerprint density at radius 1 is 1.43 bits per heavy atom. The van der Waals surface area contributed by atoms with Gasteiger partial charge in [0, 0.05) is 31.2 Å². The minimum Gasteiger partial charge on any atom is -0.311 e. The summed E-state index contributed by atoms with van der Waals surface area (Å²) in [5, 5.41) is 3.60. The molecule has 1 rings (SSSR count). The second-order valence-electron chi connectivity index (χ2n) is 5.42. The van der Waals surface area contributed by atoms with Crippen molar-refractivity contribution in [3.8, 4) is 0 Å². The normalized spacial score (nSPS) is 25.7. The van der Waals surface area contributed by atoms with Crippen LogP contribution < -0.4 is 5.32 Å². The molecular formula is C12H26N2. The van der Waals surface area contributed by atoms with Gasteiger partial charge in [0.05, 0.1) is 0 Å². The summed E-state index contributed by atoms with van der Waals surface area (Å²) in [7, 11) is 0. The van der Waals surface area contributed by atoms with Crippen molar-refractivity contribution in [2.24, 2.45) is 5.92 Å². The lowest BCUT2D eigenvalue weighted by atomic mass is 9.94. The quantitative estimate of drug-likeness (QED) is 0.747. The number of nitrogens with one attached hydrogen (secondary N) is 1. The molecule has 1 heterocycles. The summed E-state index contributed by atoms with van der Waals surface area (Å²) in [5.41, 5.74) is 0.370. The number of piperazine rings is 1. The second-order valence-corrected chi connectivity index (χ2v) is 5.42. The number of nitrogens with zero attached hydrogens (tertiary/aromatic N) is 1. The van der Waals surface area contributed by atoms with Crippen LogP contribution in [0.1, 0.15) is 41.0 Å². The number of hydrogen-bond donors (Lipinski definition) is 1. The molecule has 0 saturated carbocycles. The molecule has 1 saturated heterocycles. The van der Waals surface area contributed by atoms with E-state index in [1.807, 2.05) is 0 Å². The van der Waals surface area contributed by atoms with E-state index in [0.717, 1.165) is 12.5 Å². The van der Waals surface area contributed by atoms with E-state index in [0.29, 0.717) is 11.6 Å². The zero-order valence-electron chi connectivity index (χ0n) is 10.4. The van der Waals surface area contributed by atoms with Gasteiger partial charge < -0.3 is 5.32 Å². The van der Waals surface area contributed by atoms with Crippen molar-refractivity contribution in [3.05, 3.63) is 0 Å². The highest BCUT2D eigenvalue weighted by Crippen LogP contribution is 2.21. The van der Waals surface area contributed by atoms with Gasteiger partial charge in [-0.25, -0.2) is 0 Å². The molecule has 0 spiro atoms. The minimum atomic E-state index is 0.370. The number of hydrogen-bond acceptors (Lipinski definition) is 2. The topological polar surface area (TPSA) is 15.3 Å². The maximum atomic E-state index is 3.60. The van der Waals surface area contributed by atoms with Gasteiger partial charge in [-0.1, -0.05) is 20.8 Å². The van der Waals surface area contributed by atoms with Crippen molar-refractivity contribution in [1.29, 1.82) is 0 Å². The first-order valence-corrected chi connectivity index (χ1v) is 5.96. The Kier molecular flexibility index (Phi) is 3.96. The van der Waals surface area contributed by atoms with Gasteiger partial charge in [-0.05, 0) is 26.2 Å². The van der Waals surface area contributed by atoms with Crippen molar-refractivity contribution >= 4 is 0 Å². The molecule has 1 unspecified atom stereocenters. The first-order valence-electron chi connectivity index (χ1n) is 5.96. The highest BCUT2D eigenvalue weighted by molar-refractivity contribution is 4.88. The van der Waals surface area contributed by atoms with Gasteiger partial charge in [0.1, 0.15) is 0 Å². The Balaban J connectivity index is 2.56. The average Bonchev–Trinajstić information content (AvgIpc) is 2.18. The van der Waals surface area contributed by atoms with Crippen molar-refractivity contribution in [2.45, 2.75) is 52.6 Å². The van der Waals surface area contributed by atoms with E-state index in [1.165, 1.54) is 19.5 Å². The maximum absolute atomic E-state index is 3.60. The Labute approximate surface area is 89.1 Å². The molecule has 0 aromatic heterocycles. The van der Waals surface area contributed by atoms with Crippen LogP contribution in [0.3, 0.4) is 0 Å². The molecule has 0 amide bonds. The van der Waals surface area contributed by atoms with Crippen LogP contribution in [0.4, 0.5) is 0 Å². The van der Waals surface area contributed by atoms with Gasteiger partial charge in [-0.3, -0.25) is 4.90 Å². The third kappa shape index (κ3) is 2.71. The first kappa shape index (κ1) is 12.0. The third-order valence-electron chi connectivity index (χ3n) is 3.73. The summed E-state index contributed by atoms with van der Waals surface area (Å²) in [4.78, 5) is 2.63. The molecule has 1 aliphatic rings. The maximum Gasteiger partial charge on any atom is 0.0218 e. The summed E-state index contributed by atoms with van der Waals surface area (Å²) in [6.45, 7) is 15.2. The molecule has 0 bridgehead atoms. The fraction of sp³-hybridized carbons (Fsp3) is 1.00. The lowest BCUT2D eigenvalue weighted by Gasteiger charge is -2.44. The van der Waals surface area contributed by atoms with Crippen molar-refractivity contribution in [3.63, 3.8) is 0 Å². The molecule has 2 nitrogen and oxygen atoms in total. The summed E-state index contributed by atoms with van der Waals surface area (Å²) in [6, 6.07) is 0.676. The molecule has 1 aliphatic heterocycles. The predicted octanol–water partition coefficient (Wildman–Crippen LogP) is 2.10. The van der Waals surface area contributed by atoms with Crippen LogP contribution in [0, 0.1) is 5.92 Å². The lowest BCUT2D eigenvalue weighted by Crippen LogP contribution is -2.58. The van der Waals surface area contributed by atoms with Crippen molar-refractivity contribution in [2.75, 3.05) is 19.6 Å². The average molecular weight is 198 g/mol. The Hall–Kier alpha value is -0.0800. The van der Waals surface area contributed by atoms with Crippen LogP contribution in [0.15, 0.2) is 0 Å². The van der Waals surface area contributed by atoms with Gasteiger partial charge in [0.2, 0.25) is 0 Å². The van der Waals surface area contributed by atoms with Crippen LogP contribution in [-0.4, -0.2) is 36.1 Å². The molecule has 2 heteroatoms. The van der Waals surface area contributed by atoms with E-state index in [2.05, 4.69) is 44.8 Å². The molecule has 0 aliphatic carbocycles. The van der Waals surface area contributed by atoms with Crippen molar-refractivity contribution < 1.29 is 0 Å². The van der Waals surface area contributed by atoms with Gasteiger partial charge >= 0.3 is 0 Å². The second kappa shape index (κ2) is 4.63. The van der Waals surface area contributed by atoms with Crippen LogP contribution >= 0.6 is 0 Å². The highest BCUT2D eigenvalue weighted by atomic mass is 15.2. The van der Waals surface area contributed by atoms with E-state index in [9.17, 15) is 0 Å². The van der Waals surface area contributed by atoms with E-state index < -0.39 is 0 Å². The van der Waals surface area contributed by atoms with Gasteiger partial charge in [-0.15, -0.1) is 0 Å². The summed E-state index contributed by atoms with van der Waals surface area (Å²) >= 11 is 0.